The maximum absolute atomic E-state index is 11.8. The number of benzene rings is 1. The minimum absolute atomic E-state index is 0.286. The molecule has 0 aliphatic rings. The first-order valence-corrected chi connectivity index (χ1v) is 6.87. The summed E-state index contributed by atoms with van der Waals surface area (Å²) in [4.78, 5) is 27.5. The zero-order chi connectivity index (χ0) is 16.7. The number of aromatic nitrogens is 1. The Hall–Kier alpha value is -2.93. The summed E-state index contributed by atoms with van der Waals surface area (Å²) >= 11 is 5.85. The number of halogens is 1. The highest BCUT2D eigenvalue weighted by molar-refractivity contribution is 6.40. The number of carbonyl (C=O) groups is 2. The van der Waals surface area contributed by atoms with E-state index < -0.39 is 11.8 Å². The fourth-order valence-corrected chi connectivity index (χ4v) is 1.79. The molecule has 0 aliphatic heterocycles. The van der Waals surface area contributed by atoms with Gasteiger partial charge in [0.05, 0.1) is 24.7 Å². The van der Waals surface area contributed by atoms with Gasteiger partial charge in [-0.1, -0.05) is 17.7 Å². The van der Waals surface area contributed by atoms with Crippen LogP contribution in [0.3, 0.4) is 0 Å². The second-order valence-corrected chi connectivity index (χ2v) is 4.69. The lowest BCUT2D eigenvalue weighted by molar-refractivity contribution is -0.136. The van der Waals surface area contributed by atoms with Gasteiger partial charge in [-0.2, -0.15) is 5.10 Å². The molecule has 0 aliphatic carbocycles. The van der Waals surface area contributed by atoms with Crippen LogP contribution in [0.5, 0.6) is 5.75 Å². The molecule has 0 saturated carbocycles. The summed E-state index contributed by atoms with van der Waals surface area (Å²) in [6.45, 7) is 0. The number of hydrogen-bond donors (Lipinski definition) is 2. The van der Waals surface area contributed by atoms with Gasteiger partial charge in [-0.15, -0.1) is 0 Å². The van der Waals surface area contributed by atoms with Crippen molar-refractivity contribution in [1.29, 1.82) is 0 Å². The molecular weight excluding hydrogens is 320 g/mol. The zero-order valence-corrected chi connectivity index (χ0v) is 12.9. The van der Waals surface area contributed by atoms with Gasteiger partial charge >= 0.3 is 11.8 Å². The number of pyridine rings is 1. The van der Waals surface area contributed by atoms with Gasteiger partial charge in [-0.3, -0.25) is 14.6 Å². The van der Waals surface area contributed by atoms with Crippen molar-refractivity contribution in [2.45, 2.75) is 0 Å². The Labute approximate surface area is 137 Å². The van der Waals surface area contributed by atoms with Gasteiger partial charge in [0.25, 0.3) is 0 Å². The van der Waals surface area contributed by atoms with Crippen molar-refractivity contribution in [3.05, 3.63) is 53.3 Å². The molecule has 2 aromatic rings. The first-order valence-electron chi connectivity index (χ1n) is 6.49. The smallest absolute Gasteiger partial charge is 0.329 e. The SMILES string of the molecule is COc1ccc(Cl)cc1NC(=O)C(=O)N/N=C\c1ccccn1. The standard InChI is InChI=1S/C15H13ClN4O3/c1-23-13-6-5-10(16)8-12(13)19-14(21)15(22)20-18-9-11-4-2-3-7-17-11/h2-9H,1H3,(H,19,21)(H,20,22)/b18-9-. The number of hydrogen-bond acceptors (Lipinski definition) is 5. The maximum Gasteiger partial charge on any atom is 0.329 e. The number of nitrogens with one attached hydrogen (secondary N) is 2. The number of amides is 2. The topological polar surface area (TPSA) is 92.7 Å². The number of carbonyl (C=O) groups excluding carboxylic acids is 2. The summed E-state index contributed by atoms with van der Waals surface area (Å²) in [5.74, 6) is -1.45. The van der Waals surface area contributed by atoms with Crippen LogP contribution in [0.15, 0.2) is 47.7 Å². The predicted octanol–water partition coefficient (Wildman–Crippen LogP) is 1.83. The van der Waals surface area contributed by atoms with Crippen molar-refractivity contribution in [3.8, 4) is 5.75 Å². The van der Waals surface area contributed by atoms with Crippen LogP contribution in [0.4, 0.5) is 5.69 Å². The van der Waals surface area contributed by atoms with E-state index in [4.69, 9.17) is 16.3 Å². The van der Waals surface area contributed by atoms with Crippen molar-refractivity contribution >= 4 is 35.3 Å². The van der Waals surface area contributed by atoms with E-state index in [1.165, 1.54) is 19.4 Å². The molecule has 23 heavy (non-hydrogen) atoms. The normalized spacial score (nSPS) is 10.3. The van der Waals surface area contributed by atoms with Crippen LogP contribution >= 0.6 is 11.6 Å². The van der Waals surface area contributed by atoms with E-state index in [-0.39, 0.29) is 5.69 Å². The number of nitrogens with zero attached hydrogens (tertiary/aromatic N) is 2. The molecular formula is C15H13ClN4O3. The predicted molar refractivity (Wildman–Crippen MR) is 86.6 cm³/mol. The zero-order valence-electron chi connectivity index (χ0n) is 12.1. The molecule has 1 aromatic heterocycles. The van der Waals surface area contributed by atoms with Crippen molar-refractivity contribution < 1.29 is 14.3 Å². The van der Waals surface area contributed by atoms with Crippen LogP contribution in [0.25, 0.3) is 0 Å². The highest BCUT2D eigenvalue weighted by Crippen LogP contribution is 2.27. The monoisotopic (exact) mass is 332 g/mol. The minimum atomic E-state index is -0.931. The lowest BCUT2D eigenvalue weighted by Crippen LogP contribution is -2.32. The number of anilines is 1. The van der Waals surface area contributed by atoms with Crippen LogP contribution < -0.4 is 15.5 Å². The Kier molecular flexibility index (Phi) is 5.65. The van der Waals surface area contributed by atoms with E-state index in [0.717, 1.165) is 0 Å². The molecule has 2 N–H and O–H groups in total. The van der Waals surface area contributed by atoms with E-state index in [2.05, 4.69) is 20.8 Å². The van der Waals surface area contributed by atoms with E-state index in [0.29, 0.717) is 16.5 Å². The summed E-state index contributed by atoms with van der Waals surface area (Å²) in [5, 5.41) is 6.46. The molecule has 0 fully saturated rings. The van der Waals surface area contributed by atoms with Crippen molar-refractivity contribution in [2.75, 3.05) is 12.4 Å². The maximum atomic E-state index is 11.8. The van der Waals surface area contributed by atoms with Gasteiger partial charge in [0.15, 0.2) is 0 Å². The van der Waals surface area contributed by atoms with Crippen molar-refractivity contribution in [3.63, 3.8) is 0 Å². The Morgan fingerprint density at radius 2 is 2.09 bits per heavy atom. The van der Waals surface area contributed by atoms with Gasteiger partial charge in [-0.25, -0.2) is 5.43 Å². The quantitative estimate of drug-likeness (QED) is 0.507. The molecule has 1 aromatic carbocycles. The first-order chi connectivity index (χ1) is 11.1. The van der Waals surface area contributed by atoms with Crippen molar-refractivity contribution in [2.24, 2.45) is 5.10 Å². The summed E-state index contributed by atoms with van der Waals surface area (Å²) in [6.07, 6.45) is 2.91. The Morgan fingerprint density at radius 3 is 2.78 bits per heavy atom. The van der Waals surface area contributed by atoms with Crippen LogP contribution in [-0.4, -0.2) is 30.1 Å². The summed E-state index contributed by atoms with van der Waals surface area (Å²) in [7, 11) is 1.44. The molecule has 118 valence electrons. The van der Waals surface area contributed by atoms with E-state index in [9.17, 15) is 9.59 Å². The highest BCUT2D eigenvalue weighted by Gasteiger charge is 2.15. The fraction of sp³-hybridized carbons (Fsp3) is 0.0667. The number of rotatable bonds is 4. The molecule has 1 heterocycles. The summed E-state index contributed by atoms with van der Waals surface area (Å²) in [6, 6.07) is 9.88. The summed E-state index contributed by atoms with van der Waals surface area (Å²) < 4.78 is 5.08. The number of ether oxygens (including phenoxy) is 1. The number of methoxy groups -OCH3 is 1. The van der Waals surface area contributed by atoms with Gasteiger partial charge in [0.2, 0.25) is 0 Å². The van der Waals surface area contributed by atoms with Crippen LogP contribution in [-0.2, 0) is 9.59 Å². The molecule has 0 spiro atoms. The number of hydrazone groups is 1. The average molecular weight is 333 g/mol. The molecule has 7 nitrogen and oxygen atoms in total. The Morgan fingerprint density at radius 1 is 1.26 bits per heavy atom. The molecule has 0 atom stereocenters. The highest BCUT2D eigenvalue weighted by atomic mass is 35.5. The largest absolute Gasteiger partial charge is 0.495 e. The third-order valence-corrected chi connectivity index (χ3v) is 2.90. The van der Waals surface area contributed by atoms with E-state index >= 15 is 0 Å². The van der Waals surface area contributed by atoms with Crippen LogP contribution in [0.1, 0.15) is 5.69 Å². The van der Waals surface area contributed by atoms with Gasteiger partial charge in [0.1, 0.15) is 5.75 Å². The average Bonchev–Trinajstić information content (AvgIpc) is 2.56. The third-order valence-electron chi connectivity index (χ3n) is 2.67. The van der Waals surface area contributed by atoms with Crippen molar-refractivity contribution in [1.82, 2.24) is 10.4 Å². The fourth-order valence-electron chi connectivity index (χ4n) is 1.62. The Balaban J connectivity index is 1.97. The third kappa shape index (κ3) is 4.79. The van der Waals surface area contributed by atoms with Crippen LogP contribution in [0.2, 0.25) is 5.02 Å². The molecule has 0 saturated heterocycles. The van der Waals surface area contributed by atoms with E-state index in [1.807, 2.05) is 0 Å². The van der Waals surface area contributed by atoms with Gasteiger partial charge < -0.3 is 10.1 Å². The van der Waals surface area contributed by atoms with E-state index in [1.54, 1.807) is 36.5 Å². The van der Waals surface area contributed by atoms with Crippen LogP contribution in [0, 0.1) is 0 Å². The minimum Gasteiger partial charge on any atom is -0.495 e. The molecule has 2 amide bonds. The molecule has 0 unspecified atom stereocenters. The lowest BCUT2D eigenvalue weighted by Gasteiger charge is -2.09. The first kappa shape index (κ1) is 16.4. The molecule has 2 rings (SSSR count). The molecule has 0 radical (unpaired) electrons. The molecule has 8 heteroatoms. The van der Waals surface area contributed by atoms with Gasteiger partial charge in [0, 0.05) is 11.2 Å². The second-order valence-electron chi connectivity index (χ2n) is 4.25. The molecule has 0 bridgehead atoms. The summed E-state index contributed by atoms with van der Waals surface area (Å²) in [5.41, 5.74) is 2.94. The lowest BCUT2D eigenvalue weighted by atomic mass is 10.3. The second kappa shape index (κ2) is 7.90. The van der Waals surface area contributed by atoms with Gasteiger partial charge in [-0.05, 0) is 30.3 Å². The Bertz CT molecular complexity index is 735.